The number of nitrogens with one attached hydrogen (secondary N) is 1. The van der Waals surface area contributed by atoms with Crippen molar-refractivity contribution in [1.82, 2.24) is 20.1 Å². The van der Waals surface area contributed by atoms with Crippen LogP contribution in [-0.4, -0.2) is 53.0 Å². The van der Waals surface area contributed by atoms with Gasteiger partial charge in [-0.3, -0.25) is 10.00 Å². The Hall–Kier alpha value is -2.43. The summed E-state index contributed by atoms with van der Waals surface area (Å²) in [5, 5.41) is 16.7. The average molecular weight is 353 g/mol. The van der Waals surface area contributed by atoms with Crippen LogP contribution in [0.5, 0.6) is 5.75 Å². The quantitative estimate of drug-likeness (QED) is 0.822. The first-order valence-corrected chi connectivity index (χ1v) is 9.09. The molecule has 0 amide bonds. The summed E-state index contributed by atoms with van der Waals surface area (Å²) < 4.78 is 11.4. The molecule has 2 atom stereocenters. The van der Waals surface area contributed by atoms with E-state index in [1.165, 1.54) is 12.8 Å². The Bertz CT molecular complexity index is 795. The van der Waals surface area contributed by atoms with Gasteiger partial charge in [-0.15, -0.1) is 0 Å². The zero-order valence-electron chi connectivity index (χ0n) is 14.9. The lowest BCUT2D eigenvalue weighted by Gasteiger charge is -2.22. The van der Waals surface area contributed by atoms with Gasteiger partial charge in [0.05, 0.1) is 17.7 Å². The molecule has 1 N–H and O–H groups in total. The molecule has 2 fully saturated rings. The summed E-state index contributed by atoms with van der Waals surface area (Å²) in [7, 11) is 1.75. The Labute approximate surface area is 152 Å². The third kappa shape index (κ3) is 3.57. The Morgan fingerprint density at radius 1 is 1.35 bits per heavy atom. The molecule has 136 valence electrons. The number of aromatic amines is 1. The second kappa shape index (κ2) is 7.44. The number of hydrogen-bond donors (Lipinski definition) is 1. The van der Waals surface area contributed by atoms with Crippen molar-refractivity contribution in [3.63, 3.8) is 0 Å². The maximum absolute atomic E-state index is 9.16. The largest absolute Gasteiger partial charge is 0.491 e. The molecule has 0 radical (unpaired) electrons. The predicted molar refractivity (Wildman–Crippen MR) is 94.7 cm³/mol. The Kier molecular flexibility index (Phi) is 4.87. The summed E-state index contributed by atoms with van der Waals surface area (Å²) in [6.45, 7) is 2.09. The summed E-state index contributed by atoms with van der Waals surface area (Å²) in [6.07, 6.45) is 3.46. The standard InChI is InChI=1S/C19H23N5O2/c1-25-15-10-16(19-21-18(22-23-19)13-6-7-13)24(12-15)8-9-26-17-5-3-2-4-14(17)11-20/h2-5,13,15-16H,6-10,12H2,1H3,(H,21,22,23)/t15-,16+/m1/s1. The number of H-pyrrole nitrogens is 1. The summed E-state index contributed by atoms with van der Waals surface area (Å²) in [6, 6.07) is 9.64. The van der Waals surface area contributed by atoms with Gasteiger partial charge in [-0.1, -0.05) is 12.1 Å². The smallest absolute Gasteiger partial charge is 0.153 e. The fourth-order valence-electron chi connectivity index (χ4n) is 3.48. The van der Waals surface area contributed by atoms with Crippen molar-refractivity contribution in [1.29, 1.82) is 5.26 Å². The molecule has 0 bridgehead atoms. The lowest BCUT2D eigenvalue weighted by atomic mass is 10.2. The number of hydrogen-bond acceptors (Lipinski definition) is 6. The van der Waals surface area contributed by atoms with E-state index >= 15 is 0 Å². The second-order valence-corrected chi connectivity index (χ2v) is 6.91. The van der Waals surface area contributed by atoms with Gasteiger partial charge in [0.25, 0.3) is 0 Å². The van der Waals surface area contributed by atoms with Crippen LogP contribution in [0.15, 0.2) is 24.3 Å². The van der Waals surface area contributed by atoms with Gasteiger partial charge in [-0.25, -0.2) is 4.98 Å². The molecular weight excluding hydrogens is 330 g/mol. The Morgan fingerprint density at radius 2 is 2.19 bits per heavy atom. The number of rotatable bonds is 7. The highest BCUT2D eigenvalue weighted by Crippen LogP contribution is 2.39. The first-order chi connectivity index (χ1) is 12.8. The number of aromatic nitrogens is 3. The van der Waals surface area contributed by atoms with Crippen molar-refractivity contribution in [2.75, 3.05) is 26.8 Å². The van der Waals surface area contributed by atoms with Crippen molar-refractivity contribution in [2.45, 2.75) is 37.3 Å². The van der Waals surface area contributed by atoms with E-state index in [1.54, 1.807) is 13.2 Å². The minimum atomic E-state index is 0.162. The van der Waals surface area contributed by atoms with Crippen LogP contribution in [0.25, 0.3) is 0 Å². The van der Waals surface area contributed by atoms with E-state index in [1.807, 2.05) is 18.2 Å². The highest BCUT2D eigenvalue weighted by atomic mass is 16.5. The number of nitrogens with zero attached hydrogens (tertiary/aromatic N) is 4. The van der Waals surface area contributed by atoms with E-state index in [4.69, 9.17) is 19.7 Å². The van der Waals surface area contributed by atoms with Crippen LogP contribution in [0.4, 0.5) is 0 Å². The van der Waals surface area contributed by atoms with Gasteiger partial charge in [0.1, 0.15) is 24.3 Å². The number of benzene rings is 1. The number of methoxy groups -OCH3 is 1. The van der Waals surface area contributed by atoms with Gasteiger partial charge in [0.15, 0.2) is 5.82 Å². The molecule has 0 spiro atoms. The first kappa shape index (κ1) is 17.0. The van der Waals surface area contributed by atoms with E-state index in [2.05, 4.69) is 21.2 Å². The van der Waals surface area contributed by atoms with Crippen LogP contribution in [0.3, 0.4) is 0 Å². The minimum Gasteiger partial charge on any atom is -0.491 e. The molecule has 26 heavy (non-hydrogen) atoms. The predicted octanol–water partition coefficient (Wildman–Crippen LogP) is 2.39. The van der Waals surface area contributed by atoms with Gasteiger partial charge in [-0.2, -0.15) is 10.4 Å². The molecule has 1 aliphatic heterocycles. The maximum atomic E-state index is 9.16. The number of nitriles is 1. The fourth-order valence-corrected chi connectivity index (χ4v) is 3.48. The molecule has 7 nitrogen and oxygen atoms in total. The van der Waals surface area contributed by atoms with Crippen molar-refractivity contribution in [3.8, 4) is 11.8 Å². The van der Waals surface area contributed by atoms with Crippen LogP contribution in [-0.2, 0) is 4.74 Å². The van der Waals surface area contributed by atoms with Gasteiger partial charge in [-0.05, 0) is 31.4 Å². The molecular formula is C19H23N5O2. The van der Waals surface area contributed by atoms with E-state index < -0.39 is 0 Å². The lowest BCUT2D eigenvalue weighted by molar-refractivity contribution is 0.105. The summed E-state index contributed by atoms with van der Waals surface area (Å²) >= 11 is 0. The first-order valence-electron chi connectivity index (χ1n) is 9.09. The fraction of sp³-hybridized carbons (Fsp3) is 0.526. The van der Waals surface area contributed by atoms with Crippen molar-refractivity contribution >= 4 is 0 Å². The van der Waals surface area contributed by atoms with Gasteiger partial charge < -0.3 is 9.47 Å². The van der Waals surface area contributed by atoms with Gasteiger partial charge >= 0.3 is 0 Å². The van der Waals surface area contributed by atoms with Crippen LogP contribution >= 0.6 is 0 Å². The summed E-state index contributed by atoms with van der Waals surface area (Å²) in [5.41, 5.74) is 0.560. The van der Waals surface area contributed by atoms with Gasteiger partial charge in [0, 0.05) is 26.1 Å². The zero-order chi connectivity index (χ0) is 17.9. The SMILES string of the molecule is CO[C@@H]1C[C@@H](c2nc(C3CC3)n[nH]2)N(CCOc2ccccc2C#N)C1. The normalized spacial score (nSPS) is 23.1. The third-order valence-corrected chi connectivity index (χ3v) is 5.12. The highest BCUT2D eigenvalue weighted by molar-refractivity contribution is 5.42. The molecule has 1 aromatic heterocycles. The molecule has 1 aromatic carbocycles. The molecule has 1 saturated carbocycles. The molecule has 0 unspecified atom stereocenters. The van der Waals surface area contributed by atoms with E-state index in [0.717, 1.165) is 31.2 Å². The van der Waals surface area contributed by atoms with Crippen molar-refractivity contribution < 1.29 is 9.47 Å². The summed E-state index contributed by atoms with van der Waals surface area (Å²) in [4.78, 5) is 7.04. The van der Waals surface area contributed by atoms with Crippen LogP contribution in [0, 0.1) is 11.3 Å². The summed E-state index contributed by atoms with van der Waals surface area (Å²) in [5.74, 6) is 3.03. The van der Waals surface area contributed by atoms with Crippen LogP contribution in [0.1, 0.15) is 48.4 Å². The van der Waals surface area contributed by atoms with Gasteiger partial charge in [0.2, 0.25) is 0 Å². The highest BCUT2D eigenvalue weighted by Gasteiger charge is 2.36. The molecule has 2 aliphatic rings. The molecule has 1 aliphatic carbocycles. The monoisotopic (exact) mass is 353 g/mol. The molecule has 7 heteroatoms. The number of likely N-dealkylation sites (tertiary alicyclic amines) is 1. The number of para-hydroxylation sites is 1. The lowest BCUT2D eigenvalue weighted by Crippen LogP contribution is -2.30. The van der Waals surface area contributed by atoms with Crippen molar-refractivity contribution in [3.05, 3.63) is 41.5 Å². The average Bonchev–Trinajstić information content (AvgIpc) is 3.26. The zero-order valence-corrected chi connectivity index (χ0v) is 14.9. The molecule has 4 rings (SSSR count). The van der Waals surface area contributed by atoms with E-state index in [0.29, 0.717) is 23.8 Å². The molecule has 2 heterocycles. The Balaban J connectivity index is 1.40. The minimum absolute atomic E-state index is 0.162. The van der Waals surface area contributed by atoms with E-state index in [9.17, 15) is 0 Å². The molecule has 2 aromatic rings. The Morgan fingerprint density at radius 3 is 2.96 bits per heavy atom. The van der Waals surface area contributed by atoms with Crippen LogP contribution < -0.4 is 4.74 Å². The van der Waals surface area contributed by atoms with Crippen molar-refractivity contribution in [2.24, 2.45) is 0 Å². The topological polar surface area (TPSA) is 87.1 Å². The second-order valence-electron chi connectivity index (χ2n) is 6.91. The maximum Gasteiger partial charge on any atom is 0.153 e. The third-order valence-electron chi connectivity index (χ3n) is 5.12. The van der Waals surface area contributed by atoms with E-state index in [-0.39, 0.29) is 12.1 Å². The van der Waals surface area contributed by atoms with Crippen LogP contribution in [0.2, 0.25) is 0 Å². The molecule has 1 saturated heterocycles. The number of ether oxygens (including phenoxy) is 2.